The number of hydrogen-bond acceptors (Lipinski definition) is 4. The Balaban J connectivity index is 1.81. The van der Waals surface area contributed by atoms with Gasteiger partial charge in [0.25, 0.3) is 0 Å². The Hall–Kier alpha value is -2.37. The summed E-state index contributed by atoms with van der Waals surface area (Å²) < 4.78 is 5.43. The maximum Gasteiger partial charge on any atom is 0.417 e. The third-order valence-corrected chi connectivity index (χ3v) is 5.32. The predicted octanol–water partition coefficient (Wildman–Crippen LogP) is 3.38. The van der Waals surface area contributed by atoms with Gasteiger partial charge in [0, 0.05) is 0 Å². The van der Waals surface area contributed by atoms with E-state index in [1.54, 1.807) is 6.92 Å². The minimum absolute atomic E-state index is 0.0272. The van der Waals surface area contributed by atoms with E-state index in [1.165, 1.54) is 0 Å². The number of nitrogens with zero attached hydrogens (tertiary/aromatic N) is 1. The molecule has 2 amide bonds. The van der Waals surface area contributed by atoms with Crippen molar-refractivity contribution >= 4 is 18.0 Å². The number of benzene rings is 1. The quantitative estimate of drug-likeness (QED) is 0.884. The smallest absolute Gasteiger partial charge is 0.417 e. The van der Waals surface area contributed by atoms with Crippen LogP contribution >= 0.6 is 0 Å². The lowest BCUT2D eigenvalue weighted by Crippen LogP contribution is -2.44. The Labute approximate surface area is 146 Å². The van der Waals surface area contributed by atoms with Gasteiger partial charge in [-0.25, -0.2) is 9.69 Å². The fourth-order valence-electron chi connectivity index (χ4n) is 4.03. The summed E-state index contributed by atoms with van der Waals surface area (Å²) in [6, 6.07) is 8.83. The largest absolute Gasteiger partial charge is 0.481 e. The summed E-state index contributed by atoms with van der Waals surface area (Å²) in [5.41, 5.74) is 0.828. The van der Waals surface area contributed by atoms with Crippen LogP contribution in [0, 0.1) is 11.8 Å². The second-order valence-corrected chi connectivity index (χ2v) is 6.91. The van der Waals surface area contributed by atoms with Crippen LogP contribution in [0.3, 0.4) is 0 Å². The molecule has 0 aromatic heterocycles. The van der Waals surface area contributed by atoms with Gasteiger partial charge in [0.2, 0.25) is 5.91 Å². The van der Waals surface area contributed by atoms with Crippen molar-refractivity contribution in [3.63, 3.8) is 0 Å². The molecule has 0 bridgehead atoms. The summed E-state index contributed by atoms with van der Waals surface area (Å²) in [6.07, 6.45) is 2.23. The average Bonchev–Trinajstić information content (AvgIpc) is 3.21. The van der Waals surface area contributed by atoms with Crippen LogP contribution in [0.15, 0.2) is 30.3 Å². The van der Waals surface area contributed by atoms with Gasteiger partial charge in [-0.05, 0) is 31.2 Å². The fourth-order valence-corrected chi connectivity index (χ4v) is 4.03. The highest BCUT2D eigenvalue weighted by Gasteiger charge is 2.47. The molecule has 3 atom stereocenters. The zero-order chi connectivity index (χ0) is 18.0. The van der Waals surface area contributed by atoms with Crippen molar-refractivity contribution < 1.29 is 24.2 Å². The molecule has 1 saturated carbocycles. The average molecular weight is 345 g/mol. The minimum Gasteiger partial charge on any atom is -0.481 e. The highest BCUT2D eigenvalue weighted by Crippen LogP contribution is 2.38. The first kappa shape index (κ1) is 17.5. The predicted molar refractivity (Wildman–Crippen MR) is 89.7 cm³/mol. The highest BCUT2D eigenvalue weighted by atomic mass is 16.6. The van der Waals surface area contributed by atoms with E-state index in [4.69, 9.17) is 4.74 Å². The molecular formula is C19H23NO5. The third kappa shape index (κ3) is 3.52. The number of cyclic esters (lactones) is 1. The molecule has 3 rings (SSSR count). The van der Waals surface area contributed by atoms with Gasteiger partial charge in [-0.1, -0.05) is 43.2 Å². The Bertz CT molecular complexity index is 653. The lowest BCUT2D eigenvalue weighted by atomic mass is 9.86. The summed E-state index contributed by atoms with van der Waals surface area (Å²) in [6.45, 7) is 1.77. The number of hydrogen-bond donors (Lipinski definition) is 1. The van der Waals surface area contributed by atoms with Crippen LogP contribution in [0.1, 0.15) is 50.7 Å². The van der Waals surface area contributed by atoms with Crippen molar-refractivity contribution in [2.24, 2.45) is 11.8 Å². The van der Waals surface area contributed by atoms with E-state index in [2.05, 4.69) is 0 Å². The molecule has 2 fully saturated rings. The van der Waals surface area contributed by atoms with Crippen molar-refractivity contribution in [2.75, 3.05) is 0 Å². The topological polar surface area (TPSA) is 83.9 Å². The number of ether oxygens (including phenoxy) is 1. The molecule has 6 nitrogen and oxygen atoms in total. The monoisotopic (exact) mass is 345 g/mol. The van der Waals surface area contributed by atoms with Gasteiger partial charge in [-0.2, -0.15) is 0 Å². The van der Waals surface area contributed by atoms with Crippen LogP contribution in [0.5, 0.6) is 0 Å². The minimum atomic E-state index is -1.01. The molecule has 0 unspecified atom stereocenters. The molecule has 1 N–H and O–H groups in total. The lowest BCUT2D eigenvalue weighted by molar-refractivity contribution is -0.145. The molecule has 0 radical (unpaired) electrons. The van der Waals surface area contributed by atoms with Gasteiger partial charge < -0.3 is 9.84 Å². The molecule has 1 saturated heterocycles. The molecule has 1 aliphatic heterocycles. The van der Waals surface area contributed by atoms with Gasteiger partial charge in [-0.3, -0.25) is 9.59 Å². The van der Waals surface area contributed by atoms with Gasteiger partial charge in [-0.15, -0.1) is 0 Å². The SMILES string of the molecule is C[C@@H]1[C@H](c2ccccc2)OC(=O)N1C(=O)[C@H](CC(=O)O)C1CCCC1. The van der Waals surface area contributed by atoms with Crippen LogP contribution in [0.4, 0.5) is 4.79 Å². The Kier molecular flexibility index (Phi) is 5.06. The summed E-state index contributed by atoms with van der Waals surface area (Å²) in [5, 5.41) is 9.21. The zero-order valence-corrected chi connectivity index (χ0v) is 14.3. The second kappa shape index (κ2) is 7.25. The molecule has 1 aliphatic carbocycles. The number of carboxylic acids is 1. The molecule has 6 heteroatoms. The number of amides is 2. The van der Waals surface area contributed by atoms with E-state index in [1.807, 2.05) is 30.3 Å². The molecule has 1 aromatic rings. The Morgan fingerprint density at radius 1 is 1.24 bits per heavy atom. The van der Waals surface area contributed by atoms with Gasteiger partial charge in [0.15, 0.2) is 0 Å². The van der Waals surface area contributed by atoms with Crippen molar-refractivity contribution in [3.05, 3.63) is 35.9 Å². The van der Waals surface area contributed by atoms with Gasteiger partial charge >= 0.3 is 12.1 Å². The number of imide groups is 1. The van der Waals surface area contributed by atoms with Gasteiger partial charge in [0.1, 0.15) is 6.10 Å². The first-order valence-corrected chi connectivity index (χ1v) is 8.79. The standard InChI is InChI=1S/C19H23NO5/c1-12-17(14-9-3-2-4-10-14)25-19(24)20(12)18(23)15(11-16(21)22)13-7-5-6-8-13/h2-4,9-10,12-13,15,17H,5-8,11H2,1H3,(H,21,22)/t12-,15-,17-/m1/s1. The molecule has 1 aromatic carbocycles. The fraction of sp³-hybridized carbons (Fsp3) is 0.526. The highest BCUT2D eigenvalue weighted by molar-refractivity contribution is 5.96. The van der Waals surface area contributed by atoms with Crippen LogP contribution in [0.25, 0.3) is 0 Å². The van der Waals surface area contributed by atoms with Crippen molar-refractivity contribution in [2.45, 2.75) is 51.2 Å². The summed E-state index contributed by atoms with van der Waals surface area (Å²) >= 11 is 0. The number of aliphatic carboxylic acids is 1. The summed E-state index contributed by atoms with van der Waals surface area (Å²) in [4.78, 5) is 37.8. The maximum atomic E-state index is 13.0. The Morgan fingerprint density at radius 3 is 2.48 bits per heavy atom. The first-order chi connectivity index (χ1) is 12.0. The molecular weight excluding hydrogens is 322 g/mol. The molecule has 0 spiro atoms. The molecule has 134 valence electrons. The number of carbonyl (C=O) groups is 3. The van der Waals surface area contributed by atoms with Crippen LogP contribution in [-0.2, 0) is 14.3 Å². The summed E-state index contributed by atoms with van der Waals surface area (Å²) in [5.74, 6) is -2.06. The second-order valence-electron chi connectivity index (χ2n) is 6.91. The van der Waals surface area contributed by atoms with E-state index in [0.717, 1.165) is 36.1 Å². The zero-order valence-electron chi connectivity index (χ0n) is 14.3. The van der Waals surface area contributed by atoms with Crippen molar-refractivity contribution in [3.8, 4) is 0 Å². The summed E-state index contributed by atoms with van der Waals surface area (Å²) in [7, 11) is 0. The normalized spacial score (nSPS) is 25.0. The maximum absolute atomic E-state index is 13.0. The Morgan fingerprint density at radius 2 is 1.88 bits per heavy atom. The molecule has 25 heavy (non-hydrogen) atoms. The van der Waals surface area contributed by atoms with E-state index < -0.39 is 36.0 Å². The number of rotatable bonds is 5. The van der Waals surface area contributed by atoms with E-state index in [-0.39, 0.29) is 12.3 Å². The molecule has 2 aliphatic rings. The molecule has 1 heterocycles. The van der Waals surface area contributed by atoms with E-state index in [9.17, 15) is 19.5 Å². The van der Waals surface area contributed by atoms with Crippen LogP contribution in [0.2, 0.25) is 0 Å². The lowest BCUT2D eigenvalue weighted by Gasteiger charge is -2.27. The van der Waals surface area contributed by atoms with Crippen LogP contribution in [-0.4, -0.2) is 34.0 Å². The van der Waals surface area contributed by atoms with Gasteiger partial charge in [0.05, 0.1) is 18.4 Å². The van der Waals surface area contributed by atoms with E-state index in [0.29, 0.717) is 0 Å². The number of carbonyl (C=O) groups excluding carboxylic acids is 2. The number of carboxylic acid groups (broad SMARTS) is 1. The van der Waals surface area contributed by atoms with Crippen molar-refractivity contribution in [1.82, 2.24) is 4.90 Å². The van der Waals surface area contributed by atoms with E-state index >= 15 is 0 Å². The first-order valence-electron chi connectivity index (χ1n) is 8.79. The third-order valence-electron chi connectivity index (χ3n) is 5.32. The van der Waals surface area contributed by atoms with Crippen LogP contribution < -0.4 is 0 Å². The van der Waals surface area contributed by atoms with Crippen molar-refractivity contribution in [1.29, 1.82) is 0 Å².